The third-order valence-corrected chi connectivity index (χ3v) is 9.55. The van der Waals surface area contributed by atoms with Crippen LogP contribution in [0, 0.1) is 0 Å². The molecule has 2 amide bonds. The van der Waals surface area contributed by atoms with E-state index in [4.69, 9.17) is 9.47 Å². The summed E-state index contributed by atoms with van der Waals surface area (Å²) in [7, 11) is -7.17. The van der Waals surface area contributed by atoms with Crippen molar-refractivity contribution in [2.75, 3.05) is 24.9 Å². The first-order chi connectivity index (χ1) is 25.7. The van der Waals surface area contributed by atoms with Crippen molar-refractivity contribution in [3.05, 3.63) is 97.1 Å². The van der Waals surface area contributed by atoms with Gasteiger partial charge in [0.1, 0.15) is 32.7 Å². The fraction of sp³-hybridized carbons (Fsp3) is 0.0571. The van der Waals surface area contributed by atoms with Crippen LogP contribution in [0.5, 0.6) is 23.0 Å². The SMILES string of the molecule is COc1ccccc1N=Nc1c(S(=O)(=O)O)cc2cc(NC(=O)Nc3ccc4c([O-])c(N=Nc5ccccc5OC)c(S(=O)(=O)O)cc4c3)ccc2c1[O-].[Na+].[Na+]. The number of benzene rings is 6. The van der Waals surface area contributed by atoms with Crippen molar-refractivity contribution in [1.29, 1.82) is 0 Å². The average Bonchev–Trinajstić information content (AvgIpc) is 3.13. The number of azo groups is 2. The van der Waals surface area contributed by atoms with Crippen LogP contribution < -0.4 is 89.4 Å². The Morgan fingerprint density at radius 2 is 0.964 bits per heavy atom. The van der Waals surface area contributed by atoms with Crippen molar-refractivity contribution in [3.63, 3.8) is 0 Å². The Morgan fingerprint density at radius 1 is 0.589 bits per heavy atom. The molecule has 21 heteroatoms. The van der Waals surface area contributed by atoms with Crippen LogP contribution in [0.4, 0.5) is 38.9 Å². The molecule has 0 heterocycles. The number of anilines is 2. The van der Waals surface area contributed by atoms with E-state index < -0.39 is 58.9 Å². The predicted octanol–water partition coefficient (Wildman–Crippen LogP) is 1.13. The number of carbonyl (C=O) groups is 1. The van der Waals surface area contributed by atoms with Crippen molar-refractivity contribution < 1.29 is 110 Å². The minimum Gasteiger partial charge on any atom is -0.871 e. The quantitative estimate of drug-likeness (QED) is 0.0865. The summed E-state index contributed by atoms with van der Waals surface area (Å²) in [5.41, 5.74) is -0.690. The Kier molecular flexibility index (Phi) is 14.2. The summed E-state index contributed by atoms with van der Waals surface area (Å²) in [6, 6.07) is 21.9. The van der Waals surface area contributed by atoms with E-state index >= 15 is 0 Å². The van der Waals surface area contributed by atoms with E-state index in [2.05, 4.69) is 31.1 Å². The smallest absolute Gasteiger partial charge is 0.871 e. The topological polar surface area (TPSA) is 264 Å². The van der Waals surface area contributed by atoms with Crippen molar-refractivity contribution in [1.82, 2.24) is 0 Å². The zero-order valence-electron chi connectivity index (χ0n) is 29.9. The molecule has 276 valence electrons. The summed E-state index contributed by atoms with van der Waals surface area (Å²) in [4.78, 5) is 11.4. The Morgan fingerprint density at radius 3 is 1.32 bits per heavy atom. The number of urea groups is 1. The van der Waals surface area contributed by atoms with Crippen LogP contribution in [0.2, 0.25) is 0 Å². The van der Waals surface area contributed by atoms with Crippen molar-refractivity contribution in [2.45, 2.75) is 9.79 Å². The van der Waals surface area contributed by atoms with Gasteiger partial charge in [0.05, 0.1) is 25.6 Å². The Bertz CT molecular complexity index is 2580. The van der Waals surface area contributed by atoms with Crippen molar-refractivity contribution in [3.8, 4) is 23.0 Å². The summed E-state index contributed by atoms with van der Waals surface area (Å²) < 4.78 is 79.5. The maximum atomic E-state index is 13.4. The first-order valence-corrected chi connectivity index (χ1v) is 18.2. The van der Waals surface area contributed by atoms with Gasteiger partial charge in [0.15, 0.2) is 0 Å². The molecule has 56 heavy (non-hydrogen) atoms. The number of nitrogens with one attached hydrogen (secondary N) is 2. The van der Waals surface area contributed by atoms with Gasteiger partial charge in [-0.05, 0) is 82.2 Å². The van der Waals surface area contributed by atoms with Gasteiger partial charge in [-0.25, -0.2) is 4.79 Å². The van der Waals surface area contributed by atoms with E-state index in [1.807, 2.05) is 0 Å². The van der Waals surface area contributed by atoms with Crippen molar-refractivity contribution >= 4 is 81.9 Å². The van der Waals surface area contributed by atoms with Gasteiger partial charge in [0, 0.05) is 11.4 Å². The average molecular weight is 817 g/mol. The summed E-state index contributed by atoms with van der Waals surface area (Å²) in [6.45, 7) is 0. The molecule has 0 aliphatic carbocycles. The first kappa shape index (κ1) is 44.0. The van der Waals surface area contributed by atoms with Gasteiger partial charge < -0.3 is 30.3 Å². The standard InChI is InChI=1S/C35H28N6O11S2.2Na/c1-51-27-9-5-3-7-25(27)38-40-31-29(53(45,46)47)17-19-15-21(11-13-23(19)33(31)42)36-35(44)37-22-12-14-24-20(16-22)18-30(54(48,49)50)32(34(24)43)41-39-26-8-4-6-10-28(26)52-2;;/h3-18,42-43H,1-2H3,(H2,36,37,44)(H,45,46,47)(H,48,49,50);;/q;2*+1/p-2. The molecule has 6 rings (SSSR count). The molecular formula is C35H26N6Na2O11S2. The normalized spacial score (nSPS) is 11.6. The van der Waals surface area contributed by atoms with E-state index in [1.54, 1.807) is 36.4 Å². The Balaban J connectivity index is 0.00000348. The number of fused-ring (bicyclic) bond motifs is 2. The first-order valence-electron chi connectivity index (χ1n) is 15.4. The molecule has 6 aromatic carbocycles. The van der Waals surface area contributed by atoms with Crippen molar-refractivity contribution in [2.24, 2.45) is 20.5 Å². The second kappa shape index (κ2) is 18.1. The number of nitrogens with zero attached hydrogens (tertiary/aromatic N) is 4. The van der Waals surface area contributed by atoms with Crippen LogP contribution in [0.1, 0.15) is 0 Å². The zero-order chi connectivity index (χ0) is 38.8. The second-order valence-corrected chi connectivity index (χ2v) is 14.0. The van der Waals surface area contributed by atoms with Gasteiger partial charge in [0.25, 0.3) is 20.2 Å². The maximum Gasteiger partial charge on any atom is 1.00 e. The number of amides is 2. The van der Waals surface area contributed by atoms with Gasteiger partial charge in [0.2, 0.25) is 0 Å². The van der Waals surface area contributed by atoms with E-state index in [0.717, 1.165) is 12.1 Å². The fourth-order valence-electron chi connectivity index (χ4n) is 5.34. The van der Waals surface area contributed by atoms with Crippen LogP contribution in [0.15, 0.2) is 127 Å². The van der Waals surface area contributed by atoms with E-state index in [9.17, 15) is 40.9 Å². The van der Waals surface area contributed by atoms with Gasteiger partial charge >= 0.3 is 65.1 Å². The summed E-state index contributed by atoms with van der Waals surface area (Å²) in [5, 5.41) is 47.4. The number of hydrogen-bond donors (Lipinski definition) is 4. The number of rotatable bonds is 10. The second-order valence-electron chi connectivity index (χ2n) is 11.2. The third-order valence-electron chi connectivity index (χ3n) is 7.82. The van der Waals surface area contributed by atoms with Crippen LogP contribution in [-0.2, 0) is 20.2 Å². The van der Waals surface area contributed by atoms with E-state index in [-0.39, 0.29) is 103 Å². The zero-order valence-corrected chi connectivity index (χ0v) is 35.5. The molecule has 0 radical (unpaired) electrons. The number of ether oxygens (including phenoxy) is 2. The molecule has 0 atom stereocenters. The van der Waals surface area contributed by atoms with Gasteiger partial charge in [-0.1, -0.05) is 47.9 Å². The molecule has 0 aliphatic heterocycles. The predicted molar refractivity (Wildman–Crippen MR) is 193 cm³/mol. The molecule has 0 aliphatic rings. The van der Waals surface area contributed by atoms with Gasteiger partial charge in [-0.15, -0.1) is 20.5 Å². The summed E-state index contributed by atoms with van der Waals surface area (Å²) in [6.07, 6.45) is 0. The minimum atomic E-state index is -4.98. The monoisotopic (exact) mass is 816 g/mol. The summed E-state index contributed by atoms with van der Waals surface area (Å²) >= 11 is 0. The molecule has 0 saturated heterocycles. The molecule has 0 unspecified atom stereocenters. The molecule has 4 N–H and O–H groups in total. The molecular weight excluding hydrogens is 791 g/mol. The minimum absolute atomic E-state index is 0. The van der Waals surface area contributed by atoms with Crippen LogP contribution in [0.25, 0.3) is 21.5 Å². The Hall–Kier alpha value is -4.67. The van der Waals surface area contributed by atoms with E-state index in [1.165, 1.54) is 62.8 Å². The molecule has 0 aromatic heterocycles. The molecule has 6 aromatic rings. The molecule has 0 spiro atoms. The molecule has 0 saturated carbocycles. The van der Waals surface area contributed by atoms with Crippen LogP contribution in [-0.4, -0.2) is 46.2 Å². The third kappa shape index (κ3) is 9.64. The molecule has 0 bridgehead atoms. The largest absolute Gasteiger partial charge is 1.00 e. The molecule has 0 fully saturated rings. The van der Waals surface area contributed by atoms with Gasteiger partial charge in [-0.2, -0.15) is 16.8 Å². The summed E-state index contributed by atoms with van der Waals surface area (Å²) in [5.74, 6) is -1.12. The van der Waals surface area contributed by atoms with Crippen LogP contribution >= 0.6 is 0 Å². The number of carbonyl (C=O) groups excluding carboxylic acids is 1. The van der Waals surface area contributed by atoms with Crippen LogP contribution in [0.3, 0.4) is 0 Å². The van der Waals surface area contributed by atoms with E-state index in [0.29, 0.717) is 11.5 Å². The maximum absolute atomic E-state index is 13.4. The number of hydrogen-bond acceptors (Lipinski definition) is 13. The Labute approximate surface area is 363 Å². The number of para-hydroxylation sites is 2. The fourth-order valence-corrected chi connectivity index (χ4v) is 6.65. The number of methoxy groups -OCH3 is 2. The molecule has 17 nitrogen and oxygen atoms in total. The van der Waals surface area contributed by atoms with Gasteiger partial charge in [-0.3, -0.25) is 9.11 Å².